The minimum absolute atomic E-state index is 0.0263. The monoisotopic (exact) mass is 935 g/mol. The Morgan fingerprint density at radius 3 is 1.31 bits per heavy atom. The van der Waals surface area contributed by atoms with Crippen molar-refractivity contribution in [2.45, 2.75) is 139 Å². The van der Waals surface area contributed by atoms with E-state index in [2.05, 4.69) is 173 Å². The molecule has 2 aliphatic rings. The molecule has 0 spiro atoms. The van der Waals surface area contributed by atoms with Gasteiger partial charge >= 0.3 is 366 Å². The van der Waals surface area contributed by atoms with Crippen LogP contribution in [0, 0.1) is 10.8 Å². The third-order valence-corrected chi connectivity index (χ3v) is 63.6. The molecule has 317 valence electrons. The van der Waals surface area contributed by atoms with Crippen molar-refractivity contribution < 1.29 is 28.7 Å². The first-order valence-electron chi connectivity index (χ1n) is 22.0. The molecule has 0 aliphatic heterocycles. The standard InChI is InChI=1S/2C24H29.C4H8F3Si.2ClH.Zr/c2*1-6-17(2)19-10-12-20(13-11-19)22-9-7-8-21-14-18(15-23(21)22)16-24(3,4)5;1-8-3-2-4(5,6)7;;;/h2*7-15,17H,6,16H2,1-5H3;8H,2-3H2,1H3;2*1H;/q;;;;;+2/p-2. The van der Waals surface area contributed by atoms with Gasteiger partial charge in [0.15, 0.2) is 0 Å². The molecule has 0 saturated carbocycles. The first-order valence-corrected chi connectivity index (χ1v) is 37.9. The summed E-state index contributed by atoms with van der Waals surface area (Å²) >= 11 is -5.70. The predicted octanol–water partition coefficient (Wildman–Crippen LogP) is 17.8. The minimum atomic E-state index is -5.70. The van der Waals surface area contributed by atoms with Gasteiger partial charge in [0, 0.05) is 0 Å². The quantitative estimate of drug-likeness (QED) is 0.117. The van der Waals surface area contributed by atoms with Crippen LogP contribution < -0.4 is 0 Å². The van der Waals surface area contributed by atoms with Gasteiger partial charge in [0.1, 0.15) is 0 Å². The Balaban J connectivity index is 1.63. The SMILES string of the molecule is CCC(C)c1ccc(-c2cccc3c2C=C(CC(C)(C)C)[CH]3[Zr]([Cl])([Cl])([CH]2C(CC(C)(C)C)=Cc3c(-c4ccc(C(C)CC)cc4)cccc32)[SiH](C)CCC(F)(F)F)cc1. The van der Waals surface area contributed by atoms with Crippen molar-refractivity contribution in [3.63, 3.8) is 0 Å². The molecular formula is C52H66Cl2F3SiZr. The van der Waals surface area contributed by atoms with Gasteiger partial charge in [-0.3, -0.25) is 0 Å². The van der Waals surface area contributed by atoms with Crippen LogP contribution >= 0.6 is 17.0 Å². The zero-order valence-corrected chi connectivity index (χ0v) is 42.4. The summed E-state index contributed by atoms with van der Waals surface area (Å²) < 4.78 is 42.5. The van der Waals surface area contributed by atoms with E-state index in [0.29, 0.717) is 11.8 Å². The number of benzene rings is 4. The van der Waals surface area contributed by atoms with E-state index in [1.54, 1.807) is 0 Å². The topological polar surface area (TPSA) is 0 Å². The Bertz CT molecular complexity index is 2060. The molecule has 2 aliphatic carbocycles. The number of fused-ring (bicyclic) bond motifs is 2. The number of hydrogen-bond donors (Lipinski definition) is 0. The van der Waals surface area contributed by atoms with Crippen molar-refractivity contribution in [3.8, 4) is 22.3 Å². The molecule has 0 fully saturated rings. The normalized spacial score (nSPS) is 19.3. The molecular weight excluding hydrogens is 872 g/mol. The number of alkyl halides is 3. The summed E-state index contributed by atoms with van der Waals surface area (Å²) in [6.07, 6.45) is 3.20. The molecule has 0 bridgehead atoms. The third kappa shape index (κ3) is 9.60. The van der Waals surface area contributed by atoms with Gasteiger partial charge in [-0.1, -0.05) is 0 Å². The first kappa shape index (κ1) is 46.3. The summed E-state index contributed by atoms with van der Waals surface area (Å²) in [5.74, 6) is -1.64. The van der Waals surface area contributed by atoms with Crippen LogP contribution in [0.5, 0.6) is 0 Å². The molecule has 0 N–H and O–H groups in total. The Kier molecular flexibility index (Phi) is 13.5. The van der Waals surface area contributed by atoms with Gasteiger partial charge in [-0.05, 0) is 0 Å². The number of rotatable bonds is 13. The first-order chi connectivity index (χ1) is 27.4. The number of halogens is 5. The average molecular weight is 938 g/mol. The molecule has 7 heteroatoms. The Morgan fingerprint density at radius 2 is 0.983 bits per heavy atom. The van der Waals surface area contributed by atoms with Crippen molar-refractivity contribution in [2.24, 2.45) is 10.8 Å². The van der Waals surface area contributed by atoms with Crippen molar-refractivity contribution in [1.29, 1.82) is 0 Å². The van der Waals surface area contributed by atoms with Gasteiger partial charge in [0.05, 0.1) is 0 Å². The maximum atomic E-state index is 14.4. The summed E-state index contributed by atoms with van der Waals surface area (Å²) in [4.78, 5) is 0. The summed E-state index contributed by atoms with van der Waals surface area (Å²) in [6.45, 7) is 24.5. The van der Waals surface area contributed by atoms with E-state index in [9.17, 15) is 13.2 Å². The van der Waals surface area contributed by atoms with Crippen LogP contribution in [0.4, 0.5) is 13.2 Å². The van der Waals surface area contributed by atoms with Gasteiger partial charge in [0.2, 0.25) is 0 Å². The van der Waals surface area contributed by atoms with Crippen LogP contribution in [0.1, 0.15) is 154 Å². The van der Waals surface area contributed by atoms with Crippen LogP contribution in [0.3, 0.4) is 0 Å². The molecule has 4 aromatic carbocycles. The zero-order valence-electron chi connectivity index (χ0n) is 37.3. The average Bonchev–Trinajstić information content (AvgIpc) is 3.73. The van der Waals surface area contributed by atoms with Crippen LogP contribution in [-0.4, -0.2) is 12.1 Å². The molecule has 59 heavy (non-hydrogen) atoms. The van der Waals surface area contributed by atoms with Crippen LogP contribution in [-0.2, 0) is 15.6 Å². The molecule has 5 atom stereocenters. The van der Waals surface area contributed by atoms with Crippen LogP contribution in [0.25, 0.3) is 34.4 Å². The van der Waals surface area contributed by atoms with Crippen LogP contribution in [0.2, 0.25) is 12.6 Å². The zero-order chi connectivity index (χ0) is 43.3. The Hall–Kier alpha value is -2.17. The molecule has 0 radical (unpaired) electrons. The Morgan fingerprint density at radius 1 is 0.610 bits per heavy atom. The van der Waals surface area contributed by atoms with Crippen molar-refractivity contribution in [1.82, 2.24) is 0 Å². The van der Waals surface area contributed by atoms with E-state index >= 15 is 0 Å². The fourth-order valence-electron chi connectivity index (χ4n) is 10.1. The fourth-order valence-corrected chi connectivity index (χ4v) is 50.1. The van der Waals surface area contributed by atoms with Gasteiger partial charge in [-0.2, -0.15) is 0 Å². The van der Waals surface area contributed by atoms with Crippen LogP contribution in [0.15, 0.2) is 96.1 Å². The van der Waals surface area contributed by atoms with E-state index in [1.165, 1.54) is 22.3 Å². The van der Waals surface area contributed by atoms with Gasteiger partial charge in [0.25, 0.3) is 0 Å². The van der Waals surface area contributed by atoms with Crippen molar-refractivity contribution in [3.05, 3.63) is 129 Å². The third-order valence-electron chi connectivity index (χ3n) is 13.5. The molecule has 6 rings (SSSR count). The second kappa shape index (κ2) is 17.2. The summed E-state index contributed by atoms with van der Waals surface area (Å²) in [5.41, 5.74) is 13.8. The van der Waals surface area contributed by atoms with E-state index < -0.39 is 34.1 Å². The molecule has 0 amide bonds. The second-order valence-electron chi connectivity index (χ2n) is 20.5. The second-order valence-corrected chi connectivity index (χ2v) is 61.9. The summed E-state index contributed by atoms with van der Waals surface area (Å²) in [7, 11) is 17.8. The van der Waals surface area contributed by atoms with Crippen molar-refractivity contribution >= 4 is 35.1 Å². The van der Waals surface area contributed by atoms with E-state index in [0.717, 1.165) is 70.2 Å². The predicted molar refractivity (Wildman–Crippen MR) is 251 cm³/mol. The maximum absolute atomic E-state index is 14.4. The van der Waals surface area contributed by atoms with Crippen molar-refractivity contribution in [2.75, 3.05) is 0 Å². The number of hydrogen-bond acceptors (Lipinski definition) is 0. The van der Waals surface area contributed by atoms with Gasteiger partial charge < -0.3 is 0 Å². The fraction of sp³-hybridized carbons (Fsp3) is 0.462. The van der Waals surface area contributed by atoms with Gasteiger partial charge in [-0.25, -0.2) is 0 Å². The van der Waals surface area contributed by atoms with Gasteiger partial charge in [-0.15, -0.1) is 0 Å². The van der Waals surface area contributed by atoms with E-state index in [4.69, 9.17) is 17.0 Å². The molecule has 0 nitrogen and oxygen atoms in total. The molecule has 0 heterocycles. The molecule has 0 aromatic heterocycles. The Labute approximate surface area is 362 Å². The molecule has 5 unspecified atom stereocenters. The van der Waals surface area contributed by atoms with E-state index in [1.807, 2.05) is 0 Å². The molecule has 4 aromatic rings. The summed E-state index contributed by atoms with van der Waals surface area (Å²) in [5, 5.41) is 0. The summed E-state index contributed by atoms with van der Waals surface area (Å²) in [6, 6.07) is 30.9. The number of allylic oxidation sites excluding steroid dienone is 2. The molecule has 0 saturated heterocycles. The van der Waals surface area contributed by atoms with E-state index in [-0.39, 0.29) is 24.1 Å².